The zero-order valence-electron chi connectivity index (χ0n) is 21.7. The van der Waals surface area contributed by atoms with Crippen molar-refractivity contribution in [3.63, 3.8) is 0 Å². The van der Waals surface area contributed by atoms with Crippen molar-refractivity contribution in [2.45, 2.75) is 52.5 Å². The van der Waals surface area contributed by atoms with Crippen molar-refractivity contribution < 1.29 is 42.1 Å². The van der Waals surface area contributed by atoms with Gasteiger partial charge in [0.15, 0.2) is 0 Å². The van der Waals surface area contributed by atoms with Gasteiger partial charge in [0, 0.05) is 5.56 Å². The van der Waals surface area contributed by atoms with Crippen LogP contribution in [-0.2, 0) is 33.5 Å². The van der Waals surface area contributed by atoms with Crippen molar-refractivity contribution in [3.05, 3.63) is 82.4 Å². The number of aryl methyl sites for hydroxylation is 1. The van der Waals surface area contributed by atoms with Crippen LogP contribution in [0.25, 0.3) is 11.1 Å². The van der Waals surface area contributed by atoms with E-state index in [1.54, 1.807) is 32.9 Å². The summed E-state index contributed by atoms with van der Waals surface area (Å²) in [5, 5.41) is 10.3. The maximum absolute atomic E-state index is 13.3. The number of carbonyl (C=O) groups excluding carboxylic acids is 2. The summed E-state index contributed by atoms with van der Waals surface area (Å²) in [4.78, 5) is 24.3. The molecule has 0 fully saturated rings. The van der Waals surface area contributed by atoms with Gasteiger partial charge in [0.1, 0.15) is 29.3 Å². The summed E-state index contributed by atoms with van der Waals surface area (Å²) in [6, 6.07) is 14.5. The lowest BCUT2D eigenvalue weighted by Crippen LogP contribution is -2.25. The highest BCUT2D eigenvalue weighted by atomic mass is 19.4. The Labute approximate surface area is 219 Å². The van der Waals surface area contributed by atoms with Gasteiger partial charge >= 0.3 is 18.1 Å². The molecule has 0 saturated heterocycles. The van der Waals surface area contributed by atoms with Gasteiger partial charge in [-0.25, -0.2) is 4.79 Å². The molecular weight excluding hydrogens is 501 g/mol. The highest BCUT2D eigenvalue weighted by molar-refractivity contribution is 5.95. The van der Waals surface area contributed by atoms with E-state index in [0.29, 0.717) is 11.8 Å². The van der Waals surface area contributed by atoms with Crippen molar-refractivity contribution in [3.8, 4) is 22.6 Å². The van der Waals surface area contributed by atoms with Crippen LogP contribution in [0.15, 0.2) is 54.6 Å². The lowest BCUT2D eigenvalue weighted by atomic mass is 9.98. The van der Waals surface area contributed by atoms with E-state index in [2.05, 4.69) is 0 Å². The van der Waals surface area contributed by atoms with Gasteiger partial charge in [0.2, 0.25) is 0 Å². The van der Waals surface area contributed by atoms with Crippen molar-refractivity contribution in [1.29, 1.82) is 0 Å². The Hall–Kier alpha value is -4.01. The molecule has 3 aromatic carbocycles. The normalized spacial score (nSPS) is 11.7. The number of phenols is 1. The monoisotopic (exact) mass is 530 g/mol. The van der Waals surface area contributed by atoms with Crippen LogP contribution in [0.4, 0.5) is 13.2 Å². The smallest absolute Gasteiger partial charge is 0.419 e. The van der Waals surface area contributed by atoms with E-state index in [-0.39, 0.29) is 24.6 Å². The van der Waals surface area contributed by atoms with Crippen LogP contribution >= 0.6 is 0 Å². The van der Waals surface area contributed by atoms with Gasteiger partial charge in [-0.05, 0) is 68.1 Å². The first-order valence-electron chi connectivity index (χ1n) is 11.7. The fourth-order valence-corrected chi connectivity index (χ4v) is 3.75. The highest BCUT2D eigenvalue weighted by Gasteiger charge is 2.37. The molecule has 0 amide bonds. The zero-order valence-corrected chi connectivity index (χ0v) is 21.7. The second-order valence-electron chi connectivity index (χ2n) is 9.70. The third-order valence-corrected chi connectivity index (χ3v) is 5.66. The van der Waals surface area contributed by atoms with Crippen LogP contribution in [-0.4, -0.2) is 29.8 Å². The number of hydrogen-bond donors (Lipinski definition) is 1. The van der Waals surface area contributed by atoms with Crippen LogP contribution in [0.1, 0.15) is 53.4 Å². The quantitative estimate of drug-likeness (QED) is 0.345. The van der Waals surface area contributed by atoms with E-state index in [1.807, 2.05) is 37.3 Å². The second-order valence-corrected chi connectivity index (χ2v) is 9.70. The number of alkyl halides is 3. The lowest BCUT2D eigenvalue weighted by Gasteiger charge is -2.22. The van der Waals surface area contributed by atoms with Gasteiger partial charge in [-0.3, -0.25) is 4.79 Å². The third kappa shape index (κ3) is 7.06. The molecule has 0 unspecified atom stereocenters. The van der Waals surface area contributed by atoms with Crippen LogP contribution < -0.4 is 4.74 Å². The van der Waals surface area contributed by atoms with Crippen molar-refractivity contribution in [2.75, 3.05) is 7.11 Å². The van der Waals surface area contributed by atoms with E-state index in [9.17, 15) is 27.9 Å². The van der Waals surface area contributed by atoms with Gasteiger partial charge in [-0.1, -0.05) is 36.4 Å². The molecule has 38 heavy (non-hydrogen) atoms. The van der Waals surface area contributed by atoms with Gasteiger partial charge in [-0.15, -0.1) is 0 Å². The predicted octanol–water partition coefficient (Wildman–Crippen LogP) is 6.64. The average molecular weight is 531 g/mol. The molecule has 202 valence electrons. The van der Waals surface area contributed by atoms with Crippen LogP contribution in [0.3, 0.4) is 0 Å². The summed E-state index contributed by atoms with van der Waals surface area (Å²) in [5.41, 5.74) is 0.737. The number of rotatable bonds is 7. The number of benzene rings is 3. The maximum atomic E-state index is 13.3. The Morgan fingerprint density at radius 3 is 2.05 bits per heavy atom. The Morgan fingerprint density at radius 2 is 1.50 bits per heavy atom. The number of carbonyl (C=O) groups is 2. The topological polar surface area (TPSA) is 82.1 Å². The SMILES string of the molecule is COC(=O)Cc1ccc(-c2ccc(OCc3ccc(C(F)(F)F)c(O)c3C(=O)OC(C)(C)C)cc2)cc1C. The summed E-state index contributed by atoms with van der Waals surface area (Å²) < 4.78 is 55.7. The first-order chi connectivity index (χ1) is 17.7. The van der Waals surface area contributed by atoms with E-state index in [1.165, 1.54) is 7.11 Å². The van der Waals surface area contributed by atoms with Crippen molar-refractivity contribution in [1.82, 2.24) is 0 Å². The minimum absolute atomic E-state index is 0.0469. The molecule has 0 radical (unpaired) electrons. The Bertz CT molecular complexity index is 1320. The predicted molar refractivity (Wildman–Crippen MR) is 135 cm³/mol. The van der Waals surface area contributed by atoms with Gasteiger partial charge < -0.3 is 19.3 Å². The molecule has 0 heterocycles. The molecule has 0 aliphatic heterocycles. The van der Waals surface area contributed by atoms with E-state index < -0.39 is 34.6 Å². The molecule has 9 heteroatoms. The molecule has 0 spiro atoms. The second kappa shape index (κ2) is 11.2. The molecule has 1 N–H and O–H groups in total. The molecule has 3 aromatic rings. The number of ether oxygens (including phenoxy) is 3. The largest absolute Gasteiger partial charge is 0.506 e. The van der Waals surface area contributed by atoms with E-state index >= 15 is 0 Å². The molecular formula is C29H29F3O6. The number of aromatic hydroxyl groups is 1. The van der Waals surface area contributed by atoms with E-state index in [0.717, 1.165) is 28.3 Å². The number of phenolic OH excluding ortho intramolecular Hbond substituents is 1. The van der Waals surface area contributed by atoms with Crippen LogP contribution in [0, 0.1) is 6.92 Å². The van der Waals surface area contributed by atoms with Crippen LogP contribution in [0.2, 0.25) is 0 Å². The lowest BCUT2D eigenvalue weighted by molar-refractivity contribution is -0.140. The molecule has 0 saturated carbocycles. The van der Waals surface area contributed by atoms with Gasteiger partial charge in [0.05, 0.1) is 19.1 Å². The number of methoxy groups -OCH3 is 1. The molecule has 6 nitrogen and oxygen atoms in total. The van der Waals surface area contributed by atoms with Gasteiger partial charge in [0.25, 0.3) is 0 Å². The van der Waals surface area contributed by atoms with Gasteiger partial charge in [-0.2, -0.15) is 13.2 Å². The molecule has 0 atom stereocenters. The minimum atomic E-state index is -4.86. The first-order valence-corrected chi connectivity index (χ1v) is 11.7. The van der Waals surface area contributed by atoms with Crippen LogP contribution in [0.5, 0.6) is 11.5 Å². The zero-order chi connectivity index (χ0) is 28.3. The first kappa shape index (κ1) is 28.6. The minimum Gasteiger partial charge on any atom is -0.506 e. The van der Waals surface area contributed by atoms with E-state index in [4.69, 9.17) is 14.2 Å². The standard InChI is InChI=1S/C29H29F3O6/c1-17-14-20(7-6-19(17)15-24(33)36-5)18-8-11-22(12-9-18)37-16-21-10-13-23(29(30,31)32)26(34)25(21)27(35)38-28(2,3)4/h6-14,34H,15-16H2,1-5H3. The number of esters is 2. The van der Waals surface area contributed by atoms with Crippen molar-refractivity contribution in [2.24, 2.45) is 0 Å². The number of halogens is 3. The summed E-state index contributed by atoms with van der Waals surface area (Å²) in [6.07, 6.45) is -4.67. The molecule has 0 bridgehead atoms. The average Bonchev–Trinajstić information content (AvgIpc) is 2.82. The third-order valence-electron chi connectivity index (χ3n) is 5.66. The molecule has 0 aliphatic carbocycles. The maximum Gasteiger partial charge on any atom is 0.419 e. The Kier molecular flexibility index (Phi) is 8.39. The summed E-state index contributed by atoms with van der Waals surface area (Å²) in [7, 11) is 1.34. The number of hydrogen-bond acceptors (Lipinski definition) is 6. The fraction of sp³-hybridized carbons (Fsp3) is 0.310. The molecule has 0 aliphatic rings. The summed E-state index contributed by atoms with van der Waals surface area (Å²) >= 11 is 0. The fourth-order valence-electron chi connectivity index (χ4n) is 3.75. The Balaban J connectivity index is 1.81. The molecule has 0 aromatic heterocycles. The molecule has 3 rings (SSSR count). The summed E-state index contributed by atoms with van der Waals surface area (Å²) in [5.74, 6) is -2.20. The van der Waals surface area contributed by atoms with Crippen molar-refractivity contribution >= 4 is 11.9 Å². The highest BCUT2D eigenvalue weighted by Crippen LogP contribution is 2.39. The summed E-state index contributed by atoms with van der Waals surface area (Å²) in [6.45, 7) is 6.34. The Morgan fingerprint density at radius 1 is 0.895 bits per heavy atom.